The van der Waals surface area contributed by atoms with Crippen molar-refractivity contribution in [3.8, 4) is 5.75 Å². The highest BCUT2D eigenvalue weighted by Crippen LogP contribution is 2.48. The summed E-state index contributed by atoms with van der Waals surface area (Å²) in [7, 11) is 0. The fourth-order valence-electron chi connectivity index (χ4n) is 2.21. The Morgan fingerprint density at radius 2 is 2.06 bits per heavy atom. The molecule has 2 saturated carbocycles. The molecule has 0 amide bonds. The van der Waals surface area contributed by atoms with E-state index in [9.17, 15) is 0 Å². The summed E-state index contributed by atoms with van der Waals surface area (Å²) in [6.45, 7) is 1.53. The van der Waals surface area contributed by atoms with Crippen LogP contribution in [0.2, 0.25) is 5.02 Å². The van der Waals surface area contributed by atoms with Crippen LogP contribution in [0, 0.1) is 5.92 Å². The van der Waals surface area contributed by atoms with Crippen molar-refractivity contribution in [1.29, 1.82) is 0 Å². The lowest BCUT2D eigenvalue weighted by Crippen LogP contribution is -2.19. The molecule has 0 aliphatic heterocycles. The standard InChI is InChI=1S/C14H18ClNO/c15-12-5-11(14(9-16)3-4-14)6-13(7-12)17-8-10-1-2-10/h5-7,10H,1-4,8-9,16H2. The Kier molecular flexibility index (Phi) is 2.80. The maximum Gasteiger partial charge on any atom is 0.121 e. The highest BCUT2D eigenvalue weighted by molar-refractivity contribution is 6.30. The van der Waals surface area contributed by atoms with Crippen molar-refractivity contribution >= 4 is 11.6 Å². The van der Waals surface area contributed by atoms with Gasteiger partial charge in [0.05, 0.1) is 6.61 Å². The second-order valence-corrected chi connectivity index (χ2v) is 5.85. The normalized spacial score (nSPS) is 21.3. The van der Waals surface area contributed by atoms with Gasteiger partial charge in [-0.3, -0.25) is 0 Å². The zero-order valence-electron chi connectivity index (χ0n) is 9.92. The Bertz CT molecular complexity index is 424. The van der Waals surface area contributed by atoms with E-state index in [4.69, 9.17) is 22.1 Å². The smallest absolute Gasteiger partial charge is 0.121 e. The van der Waals surface area contributed by atoms with Crippen molar-refractivity contribution in [2.75, 3.05) is 13.2 Å². The molecule has 0 bridgehead atoms. The van der Waals surface area contributed by atoms with Crippen LogP contribution in [0.1, 0.15) is 31.2 Å². The molecule has 2 aliphatic carbocycles. The van der Waals surface area contributed by atoms with E-state index in [1.807, 2.05) is 12.1 Å². The molecule has 3 heteroatoms. The minimum absolute atomic E-state index is 0.183. The maximum atomic E-state index is 6.15. The molecule has 2 fully saturated rings. The van der Waals surface area contributed by atoms with Crippen molar-refractivity contribution in [3.63, 3.8) is 0 Å². The number of hydrogen-bond acceptors (Lipinski definition) is 2. The average Bonchev–Trinajstić information content (AvgIpc) is 3.19. The molecule has 1 aromatic rings. The summed E-state index contributed by atoms with van der Waals surface area (Å²) >= 11 is 6.15. The quantitative estimate of drug-likeness (QED) is 0.873. The Balaban J connectivity index is 1.78. The van der Waals surface area contributed by atoms with Gasteiger partial charge in [-0.2, -0.15) is 0 Å². The van der Waals surface area contributed by atoms with Crippen LogP contribution in [0.4, 0.5) is 0 Å². The molecule has 1 aromatic carbocycles. The third-order valence-corrected chi connectivity index (χ3v) is 4.13. The molecule has 17 heavy (non-hydrogen) atoms. The summed E-state index contributed by atoms with van der Waals surface area (Å²) in [6.07, 6.45) is 4.96. The Morgan fingerprint density at radius 3 is 2.65 bits per heavy atom. The van der Waals surface area contributed by atoms with E-state index in [1.165, 1.54) is 31.2 Å². The first kappa shape index (κ1) is 11.4. The van der Waals surface area contributed by atoms with E-state index in [1.54, 1.807) is 0 Å². The molecule has 0 heterocycles. The second-order valence-electron chi connectivity index (χ2n) is 5.41. The van der Waals surface area contributed by atoms with Gasteiger partial charge in [-0.05, 0) is 55.4 Å². The summed E-state index contributed by atoms with van der Waals surface area (Å²) in [4.78, 5) is 0. The van der Waals surface area contributed by atoms with Crippen LogP contribution in [0.5, 0.6) is 5.75 Å². The van der Waals surface area contributed by atoms with Gasteiger partial charge in [0.1, 0.15) is 5.75 Å². The number of hydrogen-bond donors (Lipinski definition) is 1. The van der Waals surface area contributed by atoms with E-state index < -0.39 is 0 Å². The molecule has 0 saturated heterocycles. The van der Waals surface area contributed by atoms with Crippen LogP contribution in [-0.2, 0) is 5.41 Å². The molecule has 0 radical (unpaired) electrons. The average molecular weight is 252 g/mol. The predicted octanol–water partition coefficient (Wildman–Crippen LogP) is 3.12. The lowest BCUT2D eigenvalue weighted by molar-refractivity contribution is 0.299. The minimum Gasteiger partial charge on any atom is -0.493 e. The van der Waals surface area contributed by atoms with E-state index in [0.29, 0.717) is 6.54 Å². The Labute approximate surface area is 107 Å². The Morgan fingerprint density at radius 1 is 1.29 bits per heavy atom. The summed E-state index contributed by atoms with van der Waals surface area (Å²) in [6, 6.07) is 6.06. The number of ether oxygens (including phenoxy) is 1. The molecule has 0 spiro atoms. The first-order chi connectivity index (χ1) is 8.22. The lowest BCUT2D eigenvalue weighted by atomic mass is 9.96. The van der Waals surface area contributed by atoms with Gasteiger partial charge < -0.3 is 10.5 Å². The molecule has 2 N–H and O–H groups in total. The van der Waals surface area contributed by atoms with Gasteiger partial charge in [0.25, 0.3) is 0 Å². The molecule has 0 atom stereocenters. The SMILES string of the molecule is NCC1(c2cc(Cl)cc(OCC3CC3)c2)CC1. The zero-order valence-corrected chi connectivity index (χ0v) is 10.7. The topological polar surface area (TPSA) is 35.2 Å². The molecule has 2 nitrogen and oxygen atoms in total. The number of halogens is 1. The van der Waals surface area contributed by atoms with Crippen LogP contribution in [-0.4, -0.2) is 13.2 Å². The predicted molar refractivity (Wildman–Crippen MR) is 69.6 cm³/mol. The van der Waals surface area contributed by atoms with Crippen LogP contribution >= 0.6 is 11.6 Å². The molecule has 0 unspecified atom stereocenters. The van der Waals surface area contributed by atoms with Gasteiger partial charge in [-0.1, -0.05) is 11.6 Å². The van der Waals surface area contributed by atoms with Crippen molar-refractivity contribution in [2.45, 2.75) is 31.1 Å². The fraction of sp³-hybridized carbons (Fsp3) is 0.571. The van der Waals surface area contributed by atoms with Crippen LogP contribution in [0.15, 0.2) is 18.2 Å². The van der Waals surface area contributed by atoms with Gasteiger partial charge >= 0.3 is 0 Å². The molecular weight excluding hydrogens is 234 g/mol. The fourth-order valence-corrected chi connectivity index (χ4v) is 2.44. The van der Waals surface area contributed by atoms with E-state index in [0.717, 1.165) is 23.3 Å². The van der Waals surface area contributed by atoms with E-state index in [2.05, 4.69) is 6.07 Å². The maximum absolute atomic E-state index is 6.15. The zero-order chi connectivity index (χ0) is 11.9. The van der Waals surface area contributed by atoms with Crippen LogP contribution < -0.4 is 10.5 Å². The number of benzene rings is 1. The lowest BCUT2D eigenvalue weighted by Gasteiger charge is -2.15. The van der Waals surface area contributed by atoms with Crippen molar-refractivity contribution in [1.82, 2.24) is 0 Å². The number of rotatable bonds is 5. The minimum atomic E-state index is 0.183. The van der Waals surface area contributed by atoms with Crippen LogP contribution in [0.25, 0.3) is 0 Å². The summed E-state index contributed by atoms with van der Waals surface area (Å²) in [5, 5.41) is 0.757. The van der Waals surface area contributed by atoms with Gasteiger partial charge in [0, 0.05) is 17.0 Å². The highest BCUT2D eigenvalue weighted by Gasteiger charge is 2.43. The van der Waals surface area contributed by atoms with Crippen molar-refractivity contribution in [3.05, 3.63) is 28.8 Å². The monoisotopic (exact) mass is 251 g/mol. The number of nitrogens with two attached hydrogens (primary N) is 1. The van der Waals surface area contributed by atoms with Crippen molar-refractivity contribution < 1.29 is 4.74 Å². The van der Waals surface area contributed by atoms with Gasteiger partial charge in [-0.15, -0.1) is 0 Å². The summed E-state index contributed by atoms with van der Waals surface area (Å²) < 4.78 is 5.79. The molecule has 2 aliphatic rings. The third kappa shape index (κ3) is 2.43. The summed E-state index contributed by atoms with van der Waals surface area (Å²) in [5.41, 5.74) is 7.28. The first-order valence-electron chi connectivity index (χ1n) is 6.36. The van der Waals surface area contributed by atoms with E-state index in [-0.39, 0.29) is 5.41 Å². The molecule has 92 valence electrons. The highest BCUT2D eigenvalue weighted by atomic mass is 35.5. The Hall–Kier alpha value is -0.730. The van der Waals surface area contributed by atoms with Gasteiger partial charge in [0.2, 0.25) is 0 Å². The second kappa shape index (κ2) is 4.18. The molecule has 0 aromatic heterocycles. The van der Waals surface area contributed by atoms with Crippen molar-refractivity contribution in [2.24, 2.45) is 11.7 Å². The van der Waals surface area contributed by atoms with Crippen LogP contribution in [0.3, 0.4) is 0 Å². The van der Waals surface area contributed by atoms with E-state index >= 15 is 0 Å². The van der Waals surface area contributed by atoms with Gasteiger partial charge in [-0.25, -0.2) is 0 Å². The summed E-state index contributed by atoms with van der Waals surface area (Å²) in [5.74, 6) is 1.67. The first-order valence-corrected chi connectivity index (χ1v) is 6.74. The van der Waals surface area contributed by atoms with Gasteiger partial charge in [0.15, 0.2) is 0 Å². The largest absolute Gasteiger partial charge is 0.493 e. The molecular formula is C14H18ClNO. The third-order valence-electron chi connectivity index (χ3n) is 3.91. The molecule has 3 rings (SSSR count).